The lowest BCUT2D eigenvalue weighted by Gasteiger charge is -2.16. The van der Waals surface area contributed by atoms with E-state index in [1.807, 2.05) is 0 Å². The van der Waals surface area contributed by atoms with E-state index >= 15 is 0 Å². The number of carbonyl (C=O) groups is 1. The van der Waals surface area contributed by atoms with Crippen molar-refractivity contribution in [1.82, 2.24) is 4.98 Å². The van der Waals surface area contributed by atoms with Gasteiger partial charge in [0, 0.05) is 12.1 Å². The minimum absolute atomic E-state index is 0.437. The first-order valence-corrected chi connectivity index (χ1v) is 5.05. The molecule has 0 radical (unpaired) electrons. The smallest absolute Gasteiger partial charge is 0.464 e. The largest absolute Gasteiger partial charge is 0.573 e. The van der Waals surface area contributed by atoms with Crippen LogP contribution in [0.4, 0.5) is 22.0 Å². The Kier molecular flexibility index (Phi) is 4.82. The zero-order valence-corrected chi connectivity index (χ0v) is 10.0. The van der Waals surface area contributed by atoms with Crippen LogP contribution < -0.4 is 10.5 Å². The van der Waals surface area contributed by atoms with Gasteiger partial charge < -0.3 is 15.2 Å². The van der Waals surface area contributed by atoms with Gasteiger partial charge in [0.2, 0.25) is 0 Å². The molecule has 1 aromatic rings. The molecule has 20 heavy (non-hydrogen) atoms. The normalized spacial score (nSPS) is 11.6. The monoisotopic (exact) mass is 300 g/mol. The van der Waals surface area contributed by atoms with Crippen molar-refractivity contribution in [3.8, 4) is 5.75 Å². The molecule has 1 heterocycles. The SMILES string of the molecule is COC(=O)c1nc(C(F)F)cc(CN)c1OC(F)(F)F. The number of carbonyl (C=O) groups excluding carboxylic acids is 1. The van der Waals surface area contributed by atoms with Crippen molar-refractivity contribution in [2.75, 3.05) is 7.11 Å². The van der Waals surface area contributed by atoms with Crippen LogP contribution >= 0.6 is 0 Å². The van der Waals surface area contributed by atoms with Gasteiger partial charge in [-0.2, -0.15) is 0 Å². The second-order valence-corrected chi connectivity index (χ2v) is 3.43. The lowest BCUT2D eigenvalue weighted by Crippen LogP contribution is -2.22. The molecule has 0 saturated carbocycles. The van der Waals surface area contributed by atoms with Crippen LogP contribution in [0.2, 0.25) is 0 Å². The summed E-state index contributed by atoms with van der Waals surface area (Å²) in [4.78, 5) is 14.5. The molecular formula is C10H9F5N2O3. The summed E-state index contributed by atoms with van der Waals surface area (Å²) in [6.45, 7) is -0.558. The summed E-state index contributed by atoms with van der Waals surface area (Å²) in [5.74, 6) is -2.39. The molecule has 0 atom stereocenters. The van der Waals surface area contributed by atoms with Gasteiger partial charge in [-0.3, -0.25) is 0 Å². The molecule has 0 unspecified atom stereocenters. The molecule has 0 amide bonds. The van der Waals surface area contributed by atoms with Crippen molar-refractivity contribution in [3.05, 3.63) is 23.0 Å². The van der Waals surface area contributed by atoms with E-state index < -0.39 is 48.0 Å². The maximum absolute atomic E-state index is 12.6. The molecule has 0 aliphatic heterocycles. The minimum Gasteiger partial charge on any atom is -0.464 e. The summed E-state index contributed by atoms with van der Waals surface area (Å²) in [5.41, 5.74) is 2.83. The molecular weight excluding hydrogens is 291 g/mol. The summed E-state index contributed by atoms with van der Waals surface area (Å²) in [6, 6.07) is 0.637. The van der Waals surface area contributed by atoms with Crippen LogP contribution in [0.5, 0.6) is 5.75 Å². The summed E-state index contributed by atoms with van der Waals surface area (Å²) in [7, 11) is 0.860. The van der Waals surface area contributed by atoms with Crippen LogP contribution in [0, 0.1) is 0 Å². The molecule has 10 heteroatoms. The summed E-state index contributed by atoms with van der Waals surface area (Å²) >= 11 is 0. The summed E-state index contributed by atoms with van der Waals surface area (Å²) < 4.78 is 69.8. The maximum atomic E-state index is 12.6. The van der Waals surface area contributed by atoms with E-state index in [4.69, 9.17) is 5.73 Å². The van der Waals surface area contributed by atoms with Crippen LogP contribution in [0.1, 0.15) is 28.2 Å². The van der Waals surface area contributed by atoms with Crippen molar-refractivity contribution in [2.24, 2.45) is 5.73 Å². The number of esters is 1. The first-order valence-electron chi connectivity index (χ1n) is 5.05. The third-order valence-electron chi connectivity index (χ3n) is 2.11. The Bertz CT molecular complexity index is 504. The minimum atomic E-state index is -5.14. The fourth-order valence-electron chi connectivity index (χ4n) is 1.34. The fourth-order valence-corrected chi connectivity index (χ4v) is 1.34. The van der Waals surface area contributed by atoms with Crippen molar-refractivity contribution in [1.29, 1.82) is 0 Å². The van der Waals surface area contributed by atoms with Gasteiger partial charge in [-0.05, 0) is 6.07 Å². The Labute approximate surface area is 109 Å². The number of alkyl halides is 5. The number of rotatable bonds is 4. The summed E-state index contributed by atoms with van der Waals surface area (Å²) in [5, 5.41) is 0. The summed E-state index contributed by atoms with van der Waals surface area (Å²) in [6.07, 6.45) is -8.23. The molecule has 0 fully saturated rings. The van der Waals surface area contributed by atoms with Gasteiger partial charge in [0.1, 0.15) is 5.69 Å². The highest BCUT2D eigenvalue weighted by Gasteiger charge is 2.35. The van der Waals surface area contributed by atoms with Crippen molar-refractivity contribution < 1.29 is 36.2 Å². The van der Waals surface area contributed by atoms with Crippen LogP contribution in [-0.2, 0) is 11.3 Å². The van der Waals surface area contributed by atoms with E-state index in [0.29, 0.717) is 6.07 Å². The number of methoxy groups -OCH3 is 1. The number of pyridine rings is 1. The zero-order valence-electron chi connectivity index (χ0n) is 10.0. The Hall–Kier alpha value is -1.97. The molecule has 0 saturated heterocycles. The second-order valence-electron chi connectivity index (χ2n) is 3.43. The Morgan fingerprint density at radius 3 is 2.45 bits per heavy atom. The van der Waals surface area contributed by atoms with Gasteiger partial charge >= 0.3 is 12.3 Å². The third kappa shape index (κ3) is 3.76. The van der Waals surface area contributed by atoms with Gasteiger partial charge in [0.15, 0.2) is 11.4 Å². The van der Waals surface area contributed by atoms with Crippen LogP contribution in [-0.4, -0.2) is 24.4 Å². The van der Waals surface area contributed by atoms with Crippen LogP contribution in [0.15, 0.2) is 6.07 Å². The van der Waals surface area contributed by atoms with E-state index in [2.05, 4.69) is 14.5 Å². The van der Waals surface area contributed by atoms with Gasteiger partial charge in [-0.15, -0.1) is 13.2 Å². The fraction of sp³-hybridized carbons (Fsp3) is 0.400. The number of nitrogens with zero attached hydrogens (tertiary/aromatic N) is 1. The second kappa shape index (κ2) is 5.99. The van der Waals surface area contributed by atoms with Gasteiger partial charge in [-0.25, -0.2) is 18.6 Å². The van der Waals surface area contributed by atoms with Gasteiger partial charge in [0.05, 0.1) is 7.11 Å². The maximum Gasteiger partial charge on any atom is 0.573 e. The number of ether oxygens (including phenoxy) is 2. The predicted octanol–water partition coefficient (Wildman–Crippen LogP) is 2.16. The zero-order chi connectivity index (χ0) is 15.5. The molecule has 5 nitrogen and oxygen atoms in total. The van der Waals surface area contributed by atoms with E-state index in [9.17, 15) is 26.7 Å². The third-order valence-corrected chi connectivity index (χ3v) is 2.11. The molecule has 0 spiro atoms. The number of hydrogen-bond donors (Lipinski definition) is 1. The van der Waals surface area contributed by atoms with E-state index in [1.54, 1.807) is 0 Å². The molecule has 0 aliphatic rings. The highest BCUT2D eigenvalue weighted by molar-refractivity contribution is 5.90. The topological polar surface area (TPSA) is 74.4 Å². The highest BCUT2D eigenvalue weighted by atomic mass is 19.4. The molecule has 0 bridgehead atoms. The van der Waals surface area contributed by atoms with E-state index in [0.717, 1.165) is 7.11 Å². The van der Waals surface area contributed by atoms with E-state index in [1.165, 1.54) is 0 Å². The number of aromatic nitrogens is 1. The first kappa shape index (κ1) is 16.1. The number of nitrogens with two attached hydrogens (primary N) is 1. The standard InChI is InChI=1S/C10H9F5N2O3/c1-19-9(18)6-7(20-10(13,14)15)4(3-16)2-5(17-6)8(11)12/h2,8H,3,16H2,1H3. The van der Waals surface area contributed by atoms with Crippen molar-refractivity contribution >= 4 is 5.97 Å². The quantitative estimate of drug-likeness (QED) is 0.681. The van der Waals surface area contributed by atoms with Crippen LogP contribution in [0.25, 0.3) is 0 Å². The lowest BCUT2D eigenvalue weighted by molar-refractivity contribution is -0.275. The number of halogens is 5. The number of hydrogen-bond acceptors (Lipinski definition) is 5. The van der Waals surface area contributed by atoms with Gasteiger partial charge in [-0.1, -0.05) is 0 Å². The Balaban J connectivity index is 3.48. The average molecular weight is 300 g/mol. The molecule has 2 N–H and O–H groups in total. The first-order chi connectivity index (χ1) is 9.19. The van der Waals surface area contributed by atoms with Crippen molar-refractivity contribution in [3.63, 3.8) is 0 Å². The average Bonchev–Trinajstić information content (AvgIpc) is 2.35. The molecule has 0 aliphatic carbocycles. The Morgan fingerprint density at radius 2 is 2.05 bits per heavy atom. The van der Waals surface area contributed by atoms with E-state index in [-0.39, 0.29) is 0 Å². The van der Waals surface area contributed by atoms with Crippen LogP contribution in [0.3, 0.4) is 0 Å². The lowest BCUT2D eigenvalue weighted by atomic mass is 10.1. The van der Waals surface area contributed by atoms with Gasteiger partial charge in [0.25, 0.3) is 6.43 Å². The molecule has 1 rings (SSSR count). The Morgan fingerprint density at radius 1 is 1.45 bits per heavy atom. The predicted molar refractivity (Wildman–Crippen MR) is 55.1 cm³/mol. The van der Waals surface area contributed by atoms with Crippen molar-refractivity contribution in [2.45, 2.75) is 19.3 Å². The molecule has 112 valence electrons. The molecule has 1 aromatic heterocycles. The molecule has 0 aromatic carbocycles. The highest BCUT2D eigenvalue weighted by Crippen LogP contribution is 2.32.